The number of nitriles is 1. The molecule has 0 aliphatic rings. The molecule has 0 saturated carbocycles. The Labute approximate surface area is 75.7 Å². The van der Waals surface area contributed by atoms with E-state index in [1.807, 2.05) is 0 Å². The monoisotopic (exact) mass is 216 g/mol. The summed E-state index contributed by atoms with van der Waals surface area (Å²) in [5.74, 6) is -7.88. The van der Waals surface area contributed by atoms with Crippen molar-refractivity contribution in [2.75, 3.05) is 13.6 Å². The van der Waals surface area contributed by atoms with E-state index in [0.717, 1.165) is 0 Å². The second-order valence-corrected chi connectivity index (χ2v) is 2.39. The summed E-state index contributed by atoms with van der Waals surface area (Å²) in [6.45, 7) is -0.829. The summed E-state index contributed by atoms with van der Waals surface area (Å²) in [6.07, 6.45) is -5.94. The molecule has 0 spiro atoms. The predicted octanol–water partition coefficient (Wildman–Crippen LogP) is 1.17. The second kappa shape index (κ2) is 3.77. The van der Waals surface area contributed by atoms with Gasteiger partial charge in [-0.15, -0.1) is 0 Å². The summed E-state index contributed by atoms with van der Waals surface area (Å²) >= 11 is 0. The standard InChI is InChI=1S/C6H5F5N2O/c1-13(3-2-12)4(14)5(7,8)6(9,10)11/h3H2,1H3. The highest BCUT2D eigenvalue weighted by Crippen LogP contribution is 2.36. The molecule has 1 amide bonds. The molecule has 0 aromatic heterocycles. The molecule has 3 nitrogen and oxygen atoms in total. The Bertz CT molecular complexity index is 266. The highest BCUT2D eigenvalue weighted by atomic mass is 19.4. The summed E-state index contributed by atoms with van der Waals surface area (Å²) in [4.78, 5) is 10.5. The van der Waals surface area contributed by atoms with Gasteiger partial charge in [0.05, 0.1) is 6.07 Å². The number of rotatable bonds is 2. The SMILES string of the molecule is CN(CC#N)C(=O)C(F)(F)C(F)(F)F. The van der Waals surface area contributed by atoms with Gasteiger partial charge in [0.2, 0.25) is 0 Å². The molecule has 0 heterocycles. The minimum atomic E-state index is -5.94. The fourth-order valence-corrected chi connectivity index (χ4v) is 0.539. The van der Waals surface area contributed by atoms with E-state index in [1.54, 1.807) is 0 Å². The van der Waals surface area contributed by atoms with Crippen LogP contribution in [0.15, 0.2) is 0 Å². The van der Waals surface area contributed by atoms with E-state index < -0.39 is 24.6 Å². The molecule has 14 heavy (non-hydrogen) atoms. The van der Waals surface area contributed by atoms with Gasteiger partial charge in [0, 0.05) is 7.05 Å². The molecule has 0 aliphatic heterocycles. The van der Waals surface area contributed by atoms with E-state index in [9.17, 15) is 26.7 Å². The summed E-state index contributed by atoms with van der Waals surface area (Å²) in [5, 5.41) is 7.98. The third-order valence-electron chi connectivity index (χ3n) is 1.28. The maximum atomic E-state index is 12.3. The van der Waals surface area contributed by atoms with E-state index in [-0.39, 0.29) is 4.90 Å². The van der Waals surface area contributed by atoms with Crippen LogP contribution < -0.4 is 0 Å². The van der Waals surface area contributed by atoms with Crippen LogP contribution in [0.25, 0.3) is 0 Å². The summed E-state index contributed by atoms with van der Waals surface area (Å²) in [5.41, 5.74) is 0. The molecule has 0 saturated heterocycles. The lowest BCUT2D eigenvalue weighted by Gasteiger charge is -2.22. The van der Waals surface area contributed by atoms with Gasteiger partial charge in [-0.05, 0) is 0 Å². The minimum absolute atomic E-state index is 0.00743. The normalized spacial score (nSPS) is 12.1. The fraction of sp³-hybridized carbons (Fsp3) is 0.667. The van der Waals surface area contributed by atoms with Crippen molar-refractivity contribution in [2.45, 2.75) is 12.1 Å². The molecule has 0 aromatic rings. The molecule has 0 rings (SSSR count). The lowest BCUT2D eigenvalue weighted by Crippen LogP contribution is -2.51. The third kappa shape index (κ3) is 2.31. The first-order valence-electron chi connectivity index (χ1n) is 3.21. The average molecular weight is 216 g/mol. The lowest BCUT2D eigenvalue weighted by molar-refractivity contribution is -0.273. The molecule has 0 N–H and O–H groups in total. The van der Waals surface area contributed by atoms with Gasteiger partial charge in [0.15, 0.2) is 0 Å². The highest BCUT2D eigenvalue weighted by molar-refractivity contribution is 5.84. The molecule has 80 valence electrons. The van der Waals surface area contributed by atoms with Crippen LogP contribution in [0.3, 0.4) is 0 Å². The maximum Gasteiger partial charge on any atom is 0.463 e. The van der Waals surface area contributed by atoms with Gasteiger partial charge in [0.1, 0.15) is 6.54 Å². The van der Waals surface area contributed by atoms with Crippen LogP contribution in [-0.4, -0.2) is 36.5 Å². The average Bonchev–Trinajstić information content (AvgIpc) is 2.01. The Balaban J connectivity index is 4.78. The van der Waals surface area contributed by atoms with Crippen LogP contribution in [0.5, 0.6) is 0 Å². The summed E-state index contributed by atoms with van der Waals surface area (Å²) < 4.78 is 59.4. The zero-order valence-corrected chi connectivity index (χ0v) is 6.90. The van der Waals surface area contributed by atoms with E-state index in [2.05, 4.69) is 0 Å². The molecule has 0 radical (unpaired) electrons. The van der Waals surface area contributed by atoms with E-state index in [0.29, 0.717) is 7.05 Å². The van der Waals surface area contributed by atoms with Crippen molar-refractivity contribution in [2.24, 2.45) is 0 Å². The van der Waals surface area contributed by atoms with E-state index in [1.165, 1.54) is 6.07 Å². The topological polar surface area (TPSA) is 44.1 Å². The van der Waals surface area contributed by atoms with Crippen molar-refractivity contribution in [1.29, 1.82) is 5.26 Å². The van der Waals surface area contributed by atoms with Crippen molar-refractivity contribution in [1.82, 2.24) is 4.90 Å². The van der Waals surface area contributed by atoms with Crippen molar-refractivity contribution < 1.29 is 26.7 Å². The largest absolute Gasteiger partial charge is 0.463 e. The number of hydrogen-bond acceptors (Lipinski definition) is 2. The number of alkyl halides is 5. The number of carbonyl (C=O) groups excluding carboxylic acids is 1. The first kappa shape index (κ1) is 12.6. The molecule has 0 bridgehead atoms. The molecule has 0 aliphatic carbocycles. The molecule has 0 atom stereocenters. The van der Waals surface area contributed by atoms with Crippen molar-refractivity contribution in [3.8, 4) is 6.07 Å². The maximum absolute atomic E-state index is 12.3. The molecule has 0 fully saturated rings. The predicted molar refractivity (Wildman–Crippen MR) is 34.3 cm³/mol. The lowest BCUT2D eigenvalue weighted by atomic mass is 10.3. The molecule has 0 aromatic carbocycles. The summed E-state index contributed by atoms with van der Waals surface area (Å²) in [7, 11) is 0.686. The Morgan fingerprint density at radius 3 is 2.07 bits per heavy atom. The van der Waals surface area contributed by atoms with Gasteiger partial charge in [-0.2, -0.15) is 27.2 Å². The first-order chi connectivity index (χ1) is 6.14. The number of nitrogens with zero attached hydrogens (tertiary/aromatic N) is 2. The Kier molecular flexibility index (Phi) is 3.40. The number of hydrogen-bond donors (Lipinski definition) is 0. The molecular formula is C6H5F5N2O. The van der Waals surface area contributed by atoms with Crippen LogP contribution in [0, 0.1) is 11.3 Å². The van der Waals surface area contributed by atoms with Crippen LogP contribution in [0.1, 0.15) is 0 Å². The zero-order chi connectivity index (χ0) is 11.6. The van der Waals surface area contributed by atoms with E-state index in [4.69, 9.17) is 5.26 Å². The quantitative estimate of drug-likeness (QED) is 0.513. The zero-order valence-electron chi connectivity index (χ0n) is 6.90. The van der Waals surface area contributed by atoms with Crippen LogP contribution in [0.4, 0.5) is 22.0 Å². The smallest absolute Gasteiger partial charge is 0.327 e. The van der Waals surface area contributed by atoms with Crippen molar-refractivity contribution >= 4 is 5.91 Å². The van der Waals surface area contributed by atoms with Gasteiger partial charge >= 0.3 is 18.0 Å². The van der Waals surface area contributed by atoms with Crippen molar-refractivity contribution in [3.05, 3.63) is 0 Å². The van der Waals surface area contributed by atoms with Gasteiger partial charge in [-0.3, -0.25) is 4.79 Å². The molecular weight excluding hydrogens is 211 g/mol. The number of halogens is 5. The first-order valence-corrected chi connectivity index (χ1v) is 3.21. The number of carbonyl (C=O) groups is 1. The Morgan fingerprint density at radius 2 is 1.79 bits per heavy atom. The molecule has 0 unspecified atom stereocenters. The fourth-order valence-electron chi connectivity index (χ4n) is 0.539. The van der Waals surface area contributed by atoms with Crippen LogP contribution >= 0.6 is 0 Å². The van der Waals surface area contributed by atoms with Gasteiger partial charge < -0.3 is 4.90 Å². The van der Waals surface area contributed by atoms with Gasteiger partial charge in [0.25, 0.3) is 0 Å². The minimum Gasteiger partial charge on any atom is -0.327 e. The van der Waals surface area contributed by atoms with Crippen LogP contribution in [-0.2, 0) is 4.79 Å². The Morgan fingerprint density at radius 1 is 1.36 bits per heavy atom. The highest BCUT2D eigenvalue weighted by Gasteiger charge is 2.64. The number of amides is 1. The van der Waals surface area contributed by atoms with Gasteiger partial charge in [-0.25, -0.2) is 0 Å². The Hall–Kier alpha value is -1.39. The molecule has 8 heteroatoms. The summed E-state index contributed by atoms with van der Waals surface area (Å²) in [6, 6.07) is 1.28. The third-order valence-corrected chi connectivity index (χ3v) is 1.28. The second-order valence-electron chi connectivity index (χ2n) is 2.39. The van der Waals surface area contributed by atoms with Crippen molar-refractivity contribution in [3.63, 3.8) is 0 Å². The van der Waals surface area contributed by atoms with E-state index >= 15 is 0 Å². The van der Waals surface area contributed by atoms with Crippen LogP contribution in [0.2, 0.25) is 0 Å². The van der Waals surface area contributed by atoms with Gasteiger partial charge in [-0.1, -0.05) is 0 Å².